The van der Waals surface area contributed by atoms with Crippen LogP contribution in [0.1, 0.15) is 5.56 Å². The monoisotopic (exact) mass is 241 g/mol. The van der Waals surface area contributed by atoms with Crippen LogP contribution in [-0.4, -0.2) is 32.8 Å². The van der Waals surface area contributed by atoms with E-state index in [9.17, 15) is 9.18 Å². The molecule has 0 atom stereocenters. The summed E-state index contributed by atoms with van der Waals surface area (Å²) in [6.45, 7) is 2.54. The van der Waals surface area contributed by atoms with Crippen molar-refractivity contribution >= 4 is 5.91 Å². The number of benzene rings is 1. The van der Waals surface area contributed by atoms with Crippen molar-refractivity contribution in [3.63, 3.8) is 0 Å². The molecule has 0 spiro atoms. The number of hydrogen-bond donors (Lipinski definition) is 1. The number of nitrogens with one attached hydrogen (secondary N) is 1. The molecule has 1 rings (SSSR count). The Kier molecular flexibility index (Phi) is 5.42. The molecule has 4 nitrogen and oxygen atoms in total. The fourth-order valence-corrected chi connectivity index (χ4v) is 1.22. The lowest BCUT2D eigenvalue weighted by Gasteiger charge is -2.09. The van der Waals surface area contributed by atoms with E-state index in [1.54, 1.807) is 20.1 Å². The molecule has 1 aromatic rings. The third-order valence-electron chi connectivity index (χ3n) is 2.14. The predicted molar refractivity (Wildman–Crippen MR) is 61.5 cm³/mol. The second kappa shape index (κ2) is 6.85. The largest absolute Gasteiger partial charge is 0.483 e. The van der Waals surface area contributed by atoms with Crippen molar-refractivity contribution in [3.8, 4) is 5.75 Å². The molecule has 0 aliphatic rings. The van der Waals surface area contributed by atoms with Crippen LogP contribution in [0.5, 0.6) is 5.75 Å². The van der Waals surface area contributed by atoms with Gasteiger partial charge in [0.25, 0.3) is 5.91 Å². The van der Waals surface area contributed by atoms with Crippen molar-refractivity contribution in [2.75, 3.05) is 26.9 Å². The second-order valence-corrected chi connectivity index (χ2v) is 3.54. The lowest BCUT2D eigenvalue weighted by Crippen LogP contribution is -2.31. The predicted octanol–water partition coefficient (Wildman–Crippen LogP) is 1.28. The van der Waals surface area contributed by atoms with E-state index >= 15 is 0 Å². The molecule has 17 heavy (non-hydrogen) atoms. The van der Waals surface area contributed by atoms with Gasteiger partial charge in [-0.3, -0.25) is 4.79 Å². The number of aryl methyl sites for hydroxylation is 1. The van der Waals surface area contributed by atoms with Crippen molar-refractivity contribution < 1.29 is 18.7 Å². The minimum atomic E-state index is -0.384. The fourth-order valence-electron chi connectivity index (χ4n) is 1.22. The fraction of sp³-hybridized carbons (Fsp3) is 0.417. The summed E-state index contributed by atoms with van der Waals surface area (Å²) in [5.74, 6) is -0.261. The first-order valence-electron chi connectivity index (χ1n) is 5.28. The summed E-state index contributed by atoms with van der Waals surface area (Å²) < 4.78 is 22.9. The van der Waals surface area contributed by atoms with Gasteiger partial charge in [0, 0.05) is 19.7 Å². The Balaban J connectivity index is 2.39. The number of hydrogen-bond acceptors (Lipinski definition) is 3. The van der Waals surface area contributed by atoms with Gasteiger partial charge in [-0.1, -0.05) is 6.07 Å². The second-order valence-electron chi connectivity index (χ2n) is 3.54. The van der Waals surface area contributed by atoms with Crippen LogP contribution in [0, 0.1) is 12.7 Å². The Bertz CT molecular complexity index is 382. The van der Waals surface area contributed by atoms with Gasteiger partial charge in [0.1, 0.15) is 11.6 Å². The molecule has 1 aromatic carbocycles. The molecule has 94 valence electrons. The van der Waals surface area contributed by atoms with Gasteiger partial charge in [0.05, 0.1) is 6.61 Å². The van der Waals surface area contributed by atoms with Gasteiger partial charge in [0.15, 0.2) is 6.61 Å². The van der Waals surface area contributed by atoms with Crippen molar-refractivity contribution in [3.05, 3.63) is 29.6 Å². The van der Waals surface area contributed by atoms with Gasteiger partial charge >= 0.3 is 0 Å². The third kappa shape index (κ3) is 4.82. The van der Waals surface area contributed by atoms with Crippen molar-refractivity contribution in [2.45, 2.75) is 6.92 Å². The molecule has 0 radical (unpaired) electrons. The van der Waals surface area contributed by atoms with Crippen LogP contribution in [0.15, 0.2) is 18.2 Å². The van der Waals surface area contributed by atoms with Crippen molar-refractivity contribution in [2.24, 2.45) is 0 Å². The number of carbonyl (C=O) groups is 1. The van der Waals surface area contributed by atoms with Gasteiger partial charge in [-0.15, -0.1) is 0 Å². The van der Waals surface area contributed by atoms with E-state index in [4.69, 9.17) is 9.47 Å². The number of ether oxygens (including phenoxy) is 2. The molecule has 0 aromatic heterocycles. The van der Waals surface area contributed by atoms with E-state index in [0.717, 1.165) is 5.56 Å². The molecule has 0 fully saturated rings. The highest BCUT2D eigenvalue weighted by atomic mass is 19.1. The van der Waals surface area contributed by atoms with Gasteiger partial charge in [-0.25, -0.2) is 4.39 Å². The highest BCUT2D eigenvalue weighted by molar-refractivity contribution is 5.77. The first kappa shape index (κ1) is 13.4. The van der Waals surface area contributed by atoms with Gasteiger partial charge < -0.3 is 14.8 Å². The first-order valence-corrected chi connectivity index (χ1v) is 5.28. The van der Waals surface area contributed by atoms with E-state index in [1.807, 2.05) is 0 Å². The molecular weight excluding hydrogens is 225 g/mol. The molecule has 1 amide bonds. The Morgan fingerprint density at radius 2 is 2.24 bits per heavy atom. The summed E-state index contributed by atoms with van der Waals surface area (Å²) in [6.07, 6.45) is 0. The van der Waals surface area contributed by atoms with Crippen LogP contribution < -0.4 is 10.1 Å². The molecule has 0 aliphatic carbocycles. The number of amides is 1. The average molecular weight is 241 g/mol. The molecule has 5 heteroatoms. The zero-order chi connectivity index (χ0) is 12.7. The number of methoxy groups -OCH3 is 1. The first-order chi connectivity index (χ1) is 8.13. The average Bonchev–Trinajstić information content (AvgIpc) is 2.31. The minimum absolute atomic E-state index is 0.131. The van der Waals surface area contributed by atoms with Crippen LogP contribution >= 0.6 is 0 Å². The lowest BCUT2D eigenvalue weighted by molar-refractivity contribution is -0.123. The normalized spacial score (nSPS) is 10.1. The molecule has 0 bridgehead atoms. The zero-order valence-electron chi connectivity index (χ0n) is 9.96. The maximum atomic E-state index is 12.9. The molecule has 0 aliphatic heterocycles. The molecule has 1 N–H and O–H groups in total. The van der Waals surface area contributed by atoms with Crippen molar-refractivity contribution in [1.29, 1.82) is 0 Å². The van der Waals surface area contributed by atoms with Gasteiger partial charge in [-0.2, -0.15) is 0 Å². The topological polar surface area (TPSA) is 47.6 Å². The highest BCUT2D eigenvalue weighted by Crippen LogP contribution is 2.18. The maximum absolute atomic E-state index is 12.9. The Labute approximate surface area is 99.7 Å². The van der Waals surface area contributed by atoms with E-state index in [0.29, 0.717) is 18.9 Å². The van der Waals surface area contributed by atoms with Crippen LogP contribution in [0.4, 0.5) is 4.39 Å². The molecular formula is C12H16FNO3. The van der Waals surface area contributed by atoms with E-state index < -0.39 is 0 Å². The SMILES string of the molecule is COCCNC(=O)COc1cc(F)ccc1C. The van der Waals surface area contributed by atoms with Crippen LogP contribution in [0.2, 0.25) is 0 Å². The smallest absolute Gasteiger partial charge is 0.258 e. The van der Waals surface area contributed by atoms with Gasteiger partial charge in [-0.05, 0) is 18.6 Å². The number of carbonyl (C=O) groups excluding carboxylic acids is 1. The molecule has 0 unspecified atom stereocenters. The standard InChI is InChI=1S/C12H16FNO3/c1-9-3-4-10(13)7-11(9)17-8-12(15)14-5-6-16-2/h3-4,7H,5-6,8H2,1-2H3,(H,14,15). The van der Waals surface area contributed by atoms with Crippen molar-refractivity contribution in [1.82, 2.24) is 5.32 Å². The Hall–Kier alpha value is -1.62. The van der Waals surface area contributed by atoms with E-state index in [1.165, 1.54) is 12.1 Å². The van der Waals surface area contributed by atoms with E-state index in [-0.39, 0.29) is 18.3 Å². The summed E-state index contributed by atoms with van der Waals surface area (Å²) in [4.78, 5) is 11.3. The summed E-state index contributed by atoms with van der Waals surface area (Å²) in [5.41, 5.74) is 0.788. The third-order valence-corrected chi connectivity index (χ3v) is 2.14. The zero-order valence-corrected chi connectivity index (χ0v) is 9.96. The molecule has 0 saturated carbocycles. The van der Waals surface area contributed by atoms with E-state index in [2.05, 4.69) is 5.32 Å². The Morgan fingerprint density at radius 1 is 1.47 bits per heavy atom. The quantitative estimate of drug-likeness (QED) is 0.763. The van der Waals surface area contributed by atoms with Gasteiger partial charge in [0.2, 0.25) is 0 Å². The molecule has 0 heterocycles. The maximum Gasteiger partial charge on any atom is 0.258 e. The summed E-state index contributed by atoms with van der Waals surface area (Å²) in [5, 5.41) is 2.61. The summed E-state index contributed by atoms with van der Waals surface area (Å²) in [6, 6.07) is 4.21. The Morgan fingerprint density at radius 3 is 2.94 bits per heavy atom. The van der Waals surface area contributed by atoms with Crippen LogP contribution in [0.25, 0.3) is 0 Å². The minimum Gasteiger partial charge on any atom is -0.483 e. The summed E-state index contributed by atoms with van der Waals surface area (Å²) >= 11 is 0. The molecule has 0 saturated heterocycles. The number of rotatable bonds is 6. The van der Waals surface area contributed by atoms with Crippen LogP contribution in [0.3, 0.4) is 0 Å². The lowest BCUT2D eigenvalue weighted by atomic mass is 10.2. The number of halogens is 1. The summed E-state index contributed by atoms with van der Waals surface area (Å²) in [7, 11) is 1.55. The highest BCUT2D eigenvalue weighted by Gasteiger charge is 2.05. The van der Waals surface area contributed by atoms with Crippen LogP contribution in [-0.2, 0) is 9.53 Å².